The fourth-order valence-corrected chi connectivity index (χ4v) is 3.40. The predicted molar refractivity (Wildman–Crippen MR) is 119 cm³/mol. The van der Waals surface area contributed by atoms with E-state index in [4.69, 9.17) is 11.6 Å². The lowest BCUT2D eigenvalue weighted by Gasteiger charge is -2.10. The summed E-state index contributed by atoms with van der Waals surface area (Å²) >= 11 is 9.33. The number of nitrogens with one attached hydrogen (secondary N) is 2. The van der Waals surface area contributed by atoms with Crippen LogP contribution in [-0.2, 0) is 0 Å². The van der Waals surface area contributed by atoms with Crippen LogP contribution < -0.4 is 10.7 Å². The van der Waals surface area contributed by atoms with E-state index in [1.165, 1.54) is 6.07 Å². The second-order valence-electron chi connectivity index (χ2n) is 6.55. The number of aromatic nitrogens is 1. The second kappa shape index (κ2) is 8.80. The molecule has 0 saturated carbocycles. The van der Waals surface area contributed by atoms with Crippen molar-refractivity contribution in [1.29, 1.82) is 0 Å². The Kier molecular flexibility index (Phi) is 6.39. The number of nitrogens with zero attached hydrogens (tertiary/aromatic N) is 2. The number of carbonyl (C=O) groups excluding carboxylic acids is 1. The van der Waals surface area contributed by atoms with Crippen LogP contribution in [0.1, 0.15) is 22.5 Å². The van der Waals surface area contributed by atoms with E-state index in [9.17, 15) is 9.18 Å². The molecular weight excluding hydrogens is 459 g/mol. The molecule has 2 aromatic carbocycles. The maximum Gasteiger partial charge on any atom is 0.339 e. The zero-order valence-corrected chi connectivity index (χ0v) is 18.4. The summed E-state index contributed by atoms with van der Waals surface area (Å²) in [6, 6.07) is 11.6. The van der Waals surface area contributed by atoms with Gasteiger partial charge in [0.25, 0.3) is 0 Å². The molecule has 150 valence electrons. The molecule has 0 spiro atoms. The summed E-state index contributed by atoms with van der Waals surface area (Å²) in [7, 11) is 0. The number of hydrogen-bond acceptors (Lipinski definition) is 2. The van der Waals surface area contributed by atoms with Crippen molar-refractivity contribution in [3.63, 3.8) is 0 Å². The predicted octanol–water partition coefficient (Wildman–Crippen LogP) is 6.11. The fourth-order valence-electron chi connectivity index (χ4n) is 2.98. The maximum absolute atomic E-state index is 13.5. The lowest BCUT2D eigenvalue weighted by molar-refractivity contribution is 0.252. The molecule has 0 saturated heterocycles. The monoisotopic (exact) mass is 476 g/mol. The molecule has 1 heterocycles. The Hall–Kier alpha value is -2.64. The summed E-state index contributed by atoms with van der Waals surface area (Å²) in [5.74, 6) is -0.462. The number of benzene rings is 2. The molecule has 5 nitrogen and oxygen atoms in total. The average Bonchev–Trinajstić information content (AvgIpc) is 2.94. The third-order valence-electron chi connectivity index (χ3n) is 4.42. The van der Waals surface area contributed by atoms with Gasteiger partial charge in [0.15, 0.2) is 0 Å². The fraction of sp³-hybridized carbons (Fsp3) is 0.143. The molecule has 3 aromatic rings. The number of amides is 2. The molecule has 29 heavy (non-hydrogen) atoms. The van der Waals surface area contributed by atoms with Gasteiger partial charge in [0.05, 0.1) is 11.2 Å². The summed E-state index contributed by atoms with van der Waals surface area (Å²) in [5, 5.41) is 6.81. The van der Waals surface area contributed by atoms with Crippen molar-refractivity contribution in [3.05, 3.63) is 80.3 Å². The highest BCUT2D eigenvalue weighted by Crippen LogP contribution is 2.24. The first-order valence-corrected chi connectivity index (χ1v) is 9.94. The minimum Gasteiger partial charge on any atom is -0.318 e. The van der Waals surface area contributed by atoms with Gasteiger partial charge in [-0.25, -0.2) is 14.6 Å². The molecule has 0 aliphatic heterocycles. The van der Waals surface area contributed by atoms with Gasteiger partial charge >= 0.3 is 6.03 Å². The summed E-state index contributed by atoms with van der Waals surface area (Å²) in [5.41, 5.74) is 7.53. The van der Waals surface area contributed by atoms with E-state index in [1.54, 1.807) is 24.4 Å². The van der Waals surface area contributed by atoms with Gasteiger partial charge in [-0.05, 0) is 68.8 Å². The Morgan fingerprint density at radius 1 is 1.17 bits per heavy atom. The molecule has 8 heteroatoms. The van der Waals surface area contributed by atoms with Crippen molar-refractivity contribution in [2.24, 2.45) is 5.10 Å². The van der Waals surface area contributed by atoms with Crippen LogP contribution in [-0.4, -0.2) is 16.8 Å². The molecule has 0 bridgehead atoms. The lowest BCUT2D eigenvalue weighted by Crippen LogP contribution is -2.24. The molecule has 2 amide bonds. The molecule has 0 atom stereocenters. The molecule has 1 aromatic heterocycles. The second-order valence-corrected chi connectivity index (χ2v) is 7.81. The number of halogens is 3. The van der Waals surface area contributed by atoms with E-state index >= 15 is 0 Å². The van der Waals surface area contributed by atoms with Crippen molar-refractivity contribution >= 4 is 45.5 Å². The van der Waals surface area contributed by atoms with Crippen molar-refractivity contribution in [3.8, 4) is 5.69 Å². The molecule has 0 fully saturated rings. The summed E-state index contributed by atoms with van der Waals surface area (Å²) in [6.07, 6.45) is 1.57. The largest absolute Gasteiger partial charge is 0.339 e. The average molecular weight is 478 g/mol. The third kappa shape index (κ3) is 4.86. The van der Waals surface area contributed by atoms with Crippen LogP contribution in [0.5, 0.6) is 0 Å². The van der Waals surface area contributed by atoms with Crippen LogP contribution in [0, 0.1) is 26.6 Å². The Bertz CT molecular complexity index is 1110. The van der Waals surface area contributed by atoms with Crippen LogP contribution >= 0.6 is 27.5 Å². The Morgan fingerprint density at radius 2 is 1.93 bits per heavy atom. The van der Waals surface area contributed by atoms with Gasteiger partial charge in [-0.15, -0.1) is 0 Å². The zero-order chi connectivity index (χ0) is 21.1. The van der Waals surface area contributed by atoms with Gasteiger partial charge in [0.2, 0.25) is 0 Å². The first kappa shape index (κ1) is 21.1. The first-order valence-electron chi connectivity index (χ1n) is 8.77. The Morgan fingerprint density at radius 3 is 2.62 bits per heavy atom. The standard InChI is InChI=1S/C21H19BrClFN4O/c1-12-8-16(4-6-18(12)22)26-21(29)27-25-11-15-9-13(2)28(14(15)3)17-5-7-20(24)19(23)10-17/h4-11H,1-3H3,(H2,26,27,29)/b25-11+. The summed E-state index contributed by atoms with van der Waals surface area (Å²) in [6.45, 7) is 5.78. The van der Waals surface area contributed by atoms with Crippen LogP contribution in [0.15, 0.2) is 52.0 Å². The molecule has 3 rings (SSSR count). The molecule has 0 aliphatic rings. The van der Waals surface area contributed by atoms with Crippen LogP contribution in [0.3, 0.4) is 0 Å². The highest BCUT2D eigenvalue weighted by atomic mass is 79.9. The smallest absolute Gasteiger partial charge is 0.318 e. The number of hydrazone groups is 1. The third-order valence-corrected chi connectivity index (χ3v) is 5.60. The van der Waals surface area contributed by atoms with Crippen molar-refractivity contribution in [1.82, 2.24) is 9.99 Å². The van der Waals surface area contributed by atoms with Crippen LogP contribution in [0.4, 0.5) is 14.9 Å². The van der Waals surface area contributed by atoms with Gasteiger partial charge in [0.1, 0.15) is 5.82 Å². The minimum absolute atomic E-state index is 0.0618. The van der Waals surface area contributed by atoms with E-state index < -0.39 is 11.8 Å². The van der Waals surface area contributed by atoms with Gasteiger partial charge < -0.3 is 9.88 Å². The van der Waals surface area contributed by atoms with Gasteiger partial charge in [-0.1, -0.05) is 27.5 Å². The lowest BCUT2D eigenvalue weighted by atomic mass is 10.2. The Labute approximate surface area is 181 Å². The van der Waals surface area contributed by atoms with Gasteiger partial charge in [-0.2, -0.15) is 5.10 Å². The zero-order valence-electron chi connectivity index (χ0n) is 16.1. The number of anilines is 1. The number of rotatable bonds is 4. The van der Waals surface area contributed by atoms with E-state index in [0.29, 0.717) is 5.69 Å². The van der Waals surface area contributed by atoms with E-state index in [2.05, 4.69) is 31.8 Å². The van der Waals surface area contributed by atoms with E-state index in [1.807, 2.05) is 43.5 Å². The molecule has 0 aliphatic carbocycles. The van der Waals surface area contributed by atoms with Crippen molar-refractivity contribution < 1.29 is 9.18 Å². The topological polar surface area (TPSA) is 58.4 Å². The maximum atomic E-state index is 13.5. The van der Waals surface area contributed by atoms with Gasteiger partial charge in [0, 0.05) is 32.8 Å². The van der Waals surface area contributed by atoms with Crippen LogP contribution in [0.2, 0.25) is 5.02 Å². The van der Waals surface area contributed by atoms with Crippen molar-refractivity contribution in [2.45, 2.75) is 20.8 Å². The highest BCUT2D eigenvalue weighted by Gasteiger charge is 2.11. The molecule has 2 N–H and O–H groups in total. The normalized spacial score (nSPS) is 11.1. The van der Waals surface area contributed by atoms with Gasteiger partial charge in [-0.3, -0.25) is 0 Å². The van der Waals surface area contributed by atoms with Crippen LogP contribution in [0.25, 0.3) is 5.69 Å². The first-order chi connectivity index (χ1) is 13.8. The number of urea groups is 1. The minimum atomic E-state index is -0.462. The molecule has 0 radical (unpaired) electrons. The number of carbonyl (C=O) groups is 1. The highest BCUT2D eigenvalue weighted by molar-refractivity contribution is 9.10. The number of hydrogen-bond donors (Lipinski definition) is 2. The Balaban J connectivity index is 1.71. The van der Waals surface area contributed by atoms with E-state index in [-0.39, 0.29) is 5.02 Å². The number of aryl methyl sites for hydroxylation is 2. The SMILES string of the molecule is Cc1cc(NC(=O)N/N=C/c2cc(C)n(-c3ccc(F)c(Cl)c3)c2C)ccc1Br. The summed E-state index contributed by atoms with van der Waals surface area (Å²) < 4.78 is 16.4. The van der Waals surface area contributed by atoms with Crippen molar-refractivity contribution in [2.75, 3.05) is 5.32 Å². The quantitative estimate of drug-likeness (QED) is 0.345. The molecule has 0 unspecified atom stereocenters. The van der Waals surface area contributed by atoms with E-state index in [0.717, 1.165) is 32.7 Å². The summed E-state index contributed by atoms with van der Waals surface area (Å²) in [4.78, 5) is 12.0. The molecular formula is C21H19BrClFN4O.